The van der Waals surface area contributed by atoms with Gasteiger partial charge in [0.05, 0.1) is 30.3 Å². The van der Waals surface area contributed by atoms with Crippen LogP contribution in [0.3, 0.4) is 0 Å². The number of halogens is 1. The molecule has 0 atom stereocenters. The molecule has 18 heteroatoms. The van der Waals surface area contributed by atoms with Crippen LogP contribution in [0, 0.1) is 0 Å². The third kappa shape index (κ3) is 9.77. The third-order valence-corrected chi connectivity index (χ3v) is 9.51. The first-order valence-corrected chi connectivity index (χ1v) is 17.6. The van der Waals surface area contributed by atoms with Crippen LogP contribution in [0.2, 0.25) is 5.02 Å². The molecule has 1 aliphatic rings. The maximum absolute atomic E-state index is 13.2. The van der Waals surface area contributed by atoms with Crippen LogP contribution in [0.5, 0.6) is 0 Å². The molecule has 5 rings (SSSR count). The first-order valence-electron chi connectivity index (χ1n) is 16.4. The van der Waals surface area contributed by atoms with Gasteiger partial charge in [-0.25, -0.2) is 0 Å². The maximum Gasteiger partial charge on any atom is 0.277 e. The van der Waals surface area contributed by atoms with Crippen LogP contribution in [0.15, 0.2) is 36.8 Å². The Hall–Kier alpha value is -4.68. The number of hydrogen-bond acceptors (Lipinski definition) is 10. The Balaban J connectivity index is 1.14. The Morgan fingerprint density at radius 1 is 0.804 bits per heavy atom. The quantitative estimate of drug-likeness (QED) is 0.115. The lowest BCUT2D eigenvalue weighted by atomic mass is 10.3. The molecule has 0 saturated carbocycles. The van der Waals surface area contributed by atoms with Crippen molar-refractivity contribution in [1.82, 2.24) is 33.2 Å². The summed E-state index contributed by atoms with van der Waals surface area (Å²) < 4.78 is 14.4. The van der Waals surface area contributed by atoms with Gasteiger partial charge in [-0.1, -0.05) is 11.6 Å². The van der Waals surface area contributed by atoms with E-state index in [0.717, 1.165) is 44.1 Å². The van der Waals surface area contributed by atoms with Crippen molar-refractivity contribution in [3.63, 3.8) is 0 Å². The SMILES string of the molecule is CN(C)CCCNc1snc(C(=O)Nc2cc(C(=O)Nc3cc(C(=O)Nc4cc(C(=O)NCCN5CCOCC5)n(C)c4)n(C)c3)n(C)c2)c1Cl. The number of rotatable bonds is 15. The van der Waals surface area contributed by atoms with Crippen LogP contribution < -0.4 is 26.6 Å². The number of hydrogen-bond donors (Lipinski definition) is 5. The molecule has 0 unspecified atom stereocenters. The molecule has 4 aromatic rings. The van der Waals surface area contributed by atoms with Crippen molar-refractivity contribution in [1.29, 1.82) is 0 Å². The number of aryl methyl sites for hydroxylation is 3. The zero-order valence-electron chi connectivity index (χ0n) is 29.3. The third-order valence-electron chi connectivity index (χ3n) is 8.22. The topological polar surface area (TPSA) is 172 Å². The standard InChI is InChI=1S/C33H44ClN11O5S/c1-41(2)9-6-7-36-33-27(34)28(40-51-33)32(49)39-23-17-26(44(5)20-23)31(48)38-22-16-25(43(4)19-22)30(47)37-21-15-24(42(3)18-21)29(46)35-8-10-45-11-13-50-14-12-45/h15-20,36H,6-14H2,1-5H3,(H,35,46)(H,37,47)(H,38,48)(H,39,49). The van der Waals surface area contributed by atoms with E-state index in [1.165, 1.54) is 6.07 Å². The summed E-state index contributed by atoms with van der Waals surface area (Å²) in [5, 5.41) is 15.4. The number of ether oxygens (including phenoxy) is 1. The number of morpholine rings is 1. The van der Waals surface area contributed by atoms with E-state index in [2.05, 4.69) is 40.8 Å². The first-order chi connectivity index (χ1) is 24.4. The number of amides is 4. The monoisotopic (exact) mass is 741 g/mol. The smallest absolute Gasteiger partial charge is 0.277 e. The predicted octanol–water partition coefficient (Wildman–Crippen LogP) is 2.99. The van der Waals surface area contributed by atoms with E-state index in [1.54, 1.807) is 65.6 Å². The number of nitrogens with one attached hydrogen (secondary N) is 5. The molecule has 0 aromatic carbocycles. The summed E-state index contributed by atoms with van der Waals surface area (Å²) in [4.78, 5) is 56.5. The Morgan fingerprint density at radius 3 is 1.84 bits per heavy atom. The van der Waals surface area contributed by atoms with E-state index >= 15 is 0 Å². The summed E-state index contributed by atoms with van der Waals surface area (Å²) in [7, 11) is 9.11. The van der Waals surface area contributed by atoms with Gasteiger partial charge in [0.25, 0.3) is 23.6 Å². The van der Waals surface area contributed by atoms with Gasteiger partial charge in [-0.2, -0.15) is 4.37 Å². The molecule has 4 aromatic heterocycles. The van der Waals surface area contributed by atoms with E-state index in [4.69, 9.17) is 16.3 Å². The summed E-state index contributed by atoms with van der Waals surface area (Å²) in [6.45, 7) is 5.91. The van der Waals surface area contributed by atoms with Crippen molar-refractivity contribution < 1.29 is 23.9 Å². The Morgan fingerprint density at radius 2 is 1.31 bits per heavy atom. The highest BCUT2D eigenvalue weighted by Gasteiger charge is 2.22. The summed E-state index contributed by atoms with van der Waals surface area (Å²) in [6.07, 6.45) is 5.79. The van der Waals surface area contributed by atoms with Crippen LogP contribution in [0.4, 0.5) is 22.1 Å². The highest BCUT2D eigenvalue weighted by atomic mass is 35.5. The summed E-state index contributed by atoms with van der Waals surface area (Å²) >= 11 is 7.55. The van der Waals surface area contributed by atoms with Crippen molar-refractivity contribution in [2.45, 2.75) is 6.42 Å². The van der Waals surface area contributed by atoms with Gasteiger partial charge < -0.3 is 49.9 Å². The molecule has 1 aliphatic heterocycles. The highest BCUT2D eigenvalue weighted by molar-refractivity contribution is 7.11. The molecule has 5 heterocycles. The molecule has 51 heavy (non-hydrogen) atoms. The van der Waals surface area contributed by atoms with Gasteiger partial charge in [0, 0.05) is 72.5 Å². The minimum absolute atomic E-state index is 0.0937. The second-order valence-corrected chi connectivity index (χ2v) is 13.7. The minimum atomic E-state index is -0.496. The summed E-state index contributed by atoms with van der Waals surface area (Å²) in [5.41, 5.74) is 2.30. The lowest BCUT2D eigenvalue weighted by Crippen LogP contribution is -2.41. The van der Waals surface area contributed by atoms with Gasteiger partial charge >= 0.3 is 0 Å². The second kappa shape index (κ2) is 17.0. The van der Waals surface area contributed by atoms with Gasteiger partial charge in [-0.3, -0.25) is 24.1 Å². The van der Waals surface area contributed by atoms with Crippen molar-refractivity contribution in [3.8, 4) is 0 Å². The number of aromatic nitrogens is 4. The van der Waals surface area contributed by atoms with Crippen molar-refractivity contribution in [2.24, 2.45) is 21.1 Å². The van der Waals surface area contributed by atoms with E-state index in [0.29, 0.717) is 54.1 Å². The fraction of sp³-hybridized carbons (Fsp3) is 0.424. The molecular weight excluding hydrogens is 698 g/mol. The first kappa shape index (κ1) is 37.6. The van der Waals surface area contributed by atoms with E-state index in [-0.39, 0.29) is 28.0 Å². The molecule has 4 amide bonds. The largest absolute Gasteiger partial charge is 0.379 e. The van der Waals surface area contributed by atoms with Gasteiger partial charge in [0.1, 0.15) is 27.1 Å². The normalized spacial score (nSPS) is 13.3. The molecule has 5 N–H and O–H groups in total. The lowest BCUT2D eigenvalue weighted by molar-refractivity contribution is 0.0383. The molecule has 0 aliphatic carbocycles. The molecule has 0 radical (unpaired) electrons. The summed E-state index contributed by atoms with van der Waals surface area (Å²) in [5.74, 6) is -1.60. The fourth-order valence-corrected chi connectivity index (χ4v) is 6.58. The van der Waals surface area contributed by atoms with Crippen LogP contribution in [0.1, 0.15) is 48.4 Å². The number of carbonyl (C=O) groups excluding carboxylic acids is 4. The molecule has 274 valence electrons. The van der Waals surface area contributed by atoms with Crippen molar-refractivity contribution >= 4 is 68.8 Å². The van der Waals surface area contributed by atoms with Gasteiger partial charge in [0.2, 0.25) is 0 Å². The maximum atomic E-state index is 13.2. The zero-order chi connectivity index (χ0) is 36.7. The van der Waals surface area contributed by atoms with Crippen molar-refractivity contribution in [3.05, 3.63) is 64.6 Å². The molecule has 0 bridgehead atoms. The average molecular weight is 742 g/mol. The van der Waals surface area contributed by atoms with Gasteiger partial charge in [0.15, 0.2) is 5.69 Å². The van der Waals surface area contributed by atoms with Crippen LogP contribution >= 0.6 is 23.1 Å². The number of carbonyl (C=O) groups is 4. The van der Waals surface area contributed by atoms with E-state index in [9.17, 15) is 19.2 Å². The highest BCUT2D eigenvalue weighted by Crippen LogP contribution is 2.31. The Bertz CT molecular complexity index is 1870. The number of nitrogens with zero attached hydrogens (tertiary/aromatic N) is 6. The van der Waals surface area contributed by atoms with Crippen LogP contribution in [0.25, 0.3) is 0 Å². The van der Waals surface area contributed by atoms with E-state index in [1.807, 2.05) is 14.1 Å². The van der Waals surface area contributed by atoms with Crippen LogP contribution in [-0.2, 0) is 25.9 Å². The fourth-order valence-electron chi connectivity index (χ4n) is 5.53. The minimum Gasteiger partial charge on any atom is -0.379 e. The summed E-state index contributed by atoms with van der Waals surface area (Å²) in [6, 6.07) is 4.71. The van der Waals surface area contributed by atoms with Crippen molar-refractivity contribution in [2.75, 3.05) is 87.8 Å². The molecule has 16 nitrogen and oxygen atoms in total. The molecule has 1 saturated heterocycles. The second-order valence-electron chi connectivity index (χ2n) is 12.5. The number of anilines is 4. The molecule has 0 spiro atoms. The van der Waals surface area contributed by atoms with Crippen LogP contribution in [-0.4, -0.2) is 118 Å². The van der Waals surface area contributed by atoms with Gasteiger partial charge in [-0.05, 0) is 56.8 Å². The predicted molar refractivity (Wildman–Crippen MR) is 198 cm³/mol. The molecule has 1 fully saturated rings. The molecular formula is C33H44ClN11O5S. The van der Waals surface area contributed by atoms with E-state index < -0.39 is 17.7 Å². The Labute approximate surface area is 305 Å². The van der Waals surface area contributed by atoms with Gasteiger partial charge in [-0.15, -0.1) is 0 Å². The lowest BCUT2D eigenvalue weighted by Gasteiger charge is -2.26. The zero-order valence-corrected chi connectivity index (χ0v) is 30.9. The average Bonchev–Trinajstić information content (AvgIpc) is 3.85. The Kier molecular flexibility index (Phi) is 12.5.